The summed E-state index contributed by atoms with van der Waals surface area (Å²) >= 11 is 0. The van der Waals surface area contributed by atoms with Crippen molar-refractivity contribution in [3.63, 3.8) is 0 Å². The third-order valence-electron chi connectivity index (χ3n) is 4.01. The van der Waals surface area contributed by atoms with Crippen molar-refractivity contribution in [2.24, 2.45) is 23.5 Å². The monoisotopic (exact) mass is 197 g/mol. The minimum absolute atomic E-state index is 0.489. The molecule has 1 aliphatic carbocycles. The first-order chi connectivity index (χ1) is 6.81. The fourth-order valence-electron chi connectivity index (χ4n) is 3.21. The van der Waals surface area contributed by atoms with E-state index in [1.165, 1.54) is 32.1 Å². The lowest BCUT2D eigenvalue weighted by molar-refractivity contribution is 0.0203. The van der Waals surface area contributed by atoms with Gasteiger partial charge in [0.1, 0.15) is 0 Å². The topological polar surface area (TPSA) is 35.2 Å². The maximum atomic E-state index is 5.86. The van der Waals surface area contributed by atoms with Crippen molar-refractivity contribution in [2.75, 3.05) is 13.2 Å². The molecule has 2 nitrogen and oxygen atoms in total. The quantitative estimate of drug-likeness (QED) is 0.736. The van der Waals surface area contributed by atoms with Crippen molar-refractivity contribution in [2.45, 2.75) is 45.1 Å². The van der Waals surface area contributed by atoms with Crippen LogP contribution in [0, 0.1) is 17.8 Å². The molecular weight excluding hydrogens is 174 g/mol. The zero-order valence-electron chi connectivity index (χ0n) is 9.24. The zero-order chi connectivity index (χ0) is 9.97. The average molecular weight is 197 g/mol. The number of ether oxygens (including phenoxy) is 1. The lowest BCUT2D eigenvalue weighted by Gasteiger charge is -2.33. The van der Waals surface area contributed by atoms with Crippen LogP contribution in [0.1, 0.15) is 39.0 Å². The molecule has 0 aromatic carbocycles. The van der Waals surface area contributed by atoms with Crippen LogP contribution in [0.2, 0.25) is 0 Å². The molecule has 1 saturated carbocycles. The maximum Gasteiger partial charge on any atom is 0.0644 e. The van der Waals surface area contributed by atoms with Crippen molar-refractivity contribution in [3.05, 3.63) is 0 Å². The first-order valence-corrected chi connectivity index (χ1v) is 6.13. The summed E-state index contributed by atoms with van der Waals surface area (Å²) in [4.78, 5) is 0. The van der Waals surface area contributed by atoms with Crippen LogP contribution in [0.25, 0.3) is 0 Å². The molecule has 2 fully saturated rings. The Morgan fingerprint density at radius 1 is 1.29 bits per heavy atom. The van der Waals surface area contributed by atoms with Gasteiger partial charge in [-0.15, -0.1) is 0 Å². The molecule has 2 rings (SSSR count). The van der Waals surface area contributed by atoms with Gasteiger partial charge in [0.05, 0.1) is 6.10 Å². The van der Waals surface area contributed by atoms with Crippen LogP contribution in [0.4, 0.5) is 0 Å². The molecule has 4 atom stereocenters. The average Bonchev–Trinajstić information content (AvgIpc) is 2.65. The third-order valence-corrected chi connectivity index (χ3v) is 4.01. The Hall–Kier alpha value is -0.0800. The molecular formula is C12H23NO. The Bertz CT molecular complexity index is 183. The van der Waals surface area contributed by atoms with Gasteiger partial charge in [0, 0.05) is 6.61 Å². The minimum atomic E-state index is 0.489. The highest BCUT2D eigenvalue weighted by Gasteiger charge is 2.35. The zero-order valence-corrected chi connectivity index (χ0v) is 9.24. The van der Waals surface area contributed by atoms with Gasteiger partial charge in [0.25, 0.3) is 0 Å². The molecule has 1 aliphatic heterocycles. The Labute approximate surface area is 87.2 Å². The van der Waals surface area contributed by atoms with Gasteiger partial charge < -0.3 is 10.5 Å². The third kappa shape index (κ3) is 2.12. The second-order valence-corrected chi connectivity index (χ2v) is 5.15. The van der Waals surface area contributed by atoms with E-state index in [0.29, 0.717) is 12.0 Å². The Morgan fingerprint density at radius 2 is 2.14 bits per heavy atom. The van der Waals surface area contributed by atoms with E-state index in [9.17, 15) is 0 Å². The van der Waals surface area contributed by atoms with Gasteiger partial charge in [-0.3, -0.25) is 0 Å². The van der Waals surface area contributed by atoms with E-state index in [4.69, 9.17) is 10.5 Å². The van der Waals surface area contributed by atoms with Gasteiger partial charge >= 0.3 is 0 Å². The number of nitrogens with two attached hydrogens (primary N) is 1. The predicted octanol–water partition coefficient (Wildman–Crippen LogP) is 2.18. The second-order valence-electron chi connectivity index (χ2n) is 5.15. The van der Waals surface area contributed by atoms with Crippen LogP contribution in [0.5, 0.6) is 0 Å². The molecule has 2 N–H and O–H groups in total. The van der Waals surface area contributed by atoms with E-state index < -0.39 is 0 Å². The minimum Gasteiger partial charge on any atom is -0.378 e. The molecule has 0 amide bonds. The van der Waals surface area contributed by atoms with Gasteiger partial charge in [-0.05, 0) is 43.6 Å². The summed E-state index contributed by atoms with van der Waals surface area (Å²) in [5.74, 6) is 2.34. The first kappa shape index (κ1) is 10.4. The highest BCUT2D eigenvalue weighted by Crippen LogP contribution is 2.37. The normalized spacial score (nSPS) is 44.1. The summed E-state index contributed by atoms with van der Waals surface area (Å²) in [7, 11) is 0. The molecule has 2 heteroatoms. The largest absolute Gasteiger partial charge is 0.378 e. The molecule has 0 spiro atoms. The van der Waals surface area contributed by atoms with E-state index in [2.05, 4.69) is 6.92 Å². The number of hydrogen-bond donors (Lipinski definition) is 1. The highest BCUT2D eigenvalue weighted by molar-refractivity contribution is 4.85. The van der Waals surface area contributed by atoms with Gasteiger partial charge in [-0.1, -0.05) is 19.8 Å². The molecule has 82 valence electrons. The Balaban J connectivity index is 1.92. The molecule has 1 heterocycles. The van der Waals surface area contributed by atoms with Crippen LogP contribution < -0.4 is 5.73 Å². The van der Waals surface area contributed by atoms with Gasteiger partial charge in [-0.2, -0.15) is 0 Å². The Kier molecular flexibility index (Phi) is 3.45. The summed E-state index contributed by atoms with van der Waals surface area (Å²) in [6.45, 7) is 4.13. The number of hydrogen-bond acceptors (Lipinski definition) is 2. The van der Waals surface area contributed by atoms with Crippen LogP contribution in [-0.4, -0.2) is 19.3 Å². The highest BCUT2D eigenvalue weighted by atomic mass is 16.5. The summed E-state index contributed by atoms with van der Waals surface area (Å²) in [5, 5.41) is 0. The van der Waals surface area contributed by atoms with Crippen LogP contribution in [0.3, 0.4) is 0 Å². The molecule has 0 bridgehead atoms. The van der Waals surface area contributed by atoms with Crippen LogP contribution >= 0.6 is 0 Å². The predicted molar refractivity (Wildman–Crippen MR) is 58.0 cm³/mol. The van der Waals surface area contributed by atoms with Gasteiger partial charge in [-0.25, -0.2) is 0 Å². The van der Waals surface area contributed by atoms with Crippen LogP contribution in [0.15, 0.2) is 0 Å². The first-order valence-electron chi connectivity index (χ1n) is 6.13. The summed E-state index contributed by atoms with van der Waals surface area (Å²) in [5.41, 5.74) is 5.79. The van der Waals surface area contributed by atoms with Gasteiger partial charge in [0.2, 0.25) is 0 Å². The van der Waals surface area contributed by atoms with Crippen molar-refractivity contribution < 1.29 is 4.74 Å². The lowest BCUT2D eigenvalue weighted by Crippen LogP contribution is -2.33. The summed E-state index contributed by atoms with van der Waals surface area (Å²) in [6.07, 6.45) is 7.21. The van der Waals surface area contributed by atoms with Crippen molar-refractivity contribution in [3.8, 4) is 0 Å². The fourth-order valence-corrected chi connectivity index (χ4v) is 3.21. The number of rotatable bonds is 2. The van der Waals surface area contributed by atoms with E-state index in [1.54, 1.807) is 0 Å². The van der Waals surface area contributed by atoms with Crippen molar-refractivity contribution in [1.82, 2.24) is 0 Å². The van der Waals surface area contributed by atoms with Gasteiger partial charge in [0.15, 0.2) is 0 Å². The molecule has 2 aliphatic rings. The molecule has 0 radical (unpaired) electrons. The lowest BCUT2D eigenvalue weighted by atomic mass is 9.76. The fraction of sp³-hybridized carbons (Fsp3) is 1.00. The SMILES string of the molecule is CC1CCCC(C2OCCC2CN)C1. The molecule has 14 heavy (non-hydrogen) atoms. The molecule has 4 unspecified atom stereocenters. The smallest absolute Gasteiger partial charge is 0.0644 e. The maximum absolute atomic E-state index is 5.86. The standard InChI is InChI=1S/C12H23NO/c1-9-3-2-4-10(7-9)12-11(8-13)5-6-14-12/h9-12H,2-8,13H2,1H3. The van der Waals surface area contributed by atoms with E-state index in [-0.39, 0.29) is 0 Å². The molecule has 1 saturated heterocycles. The van der Waals surface area contributed by atoms with Crippen LogP contribution in [-0.2, 0) is 4.74 Å². The van der Waals surface area contributed by atoms with Crippen molar-refractivity contribution >= 4 is 0 Å². The van der Waals surface area contributed by atoms with E-state index >= 15 is 0 Å². The molecule has 0 aromatic heterocycles. The summed E-state index contributed by atoms with van der Waals surface area (Å²) < 4.78 is 5.86. The van der Waals surface area contributed by atoms with E-state index in [0.717, 1.165) is 25.0 Å². The van der Waals surface area contributed by atoms with Crippen molar-refractivity contribution in [1.29, 1.82) is 0 Å². The Morgan fingerprint density at radius 3 is 2.86 bits per heavy atom. The molecule has 0 aromatic rings. The summed E-state index contributed by atoms with van der Waals surface area (Å²) in [6, 6.07) is 0. The second kappa shape index (κ2) is 4.63. The van der Waals surface area contributed by atoms with E-state index in [1.807, 2.05) is 0 Å².